The molecule has 84 valence electrons. The molecule has 0 bridgehead atoms. The van der Waals surface area contributed by atoms with Gasteiger partial charge in [-0.3, -0.25) is 0 Å². The van der Waals surface area contributed by atoms with Crippen molar-refractivity contribution in [1.82, 2.24) is 5.32 Å². The summed E-state index contributed by atoms with van der Waals surface area (Å²) in [6, 6.07) is 5.95. The first-order valence-electron chi connectivity index (χ1n) is 5.75. The molecule has 2 aromatic rings. The second-order valence-electron chi connectivity index (χ2n) is 4.45. The molecule has 0 amide bonds. The SMILES string of the molecule is Oc1ccc2c(CNC3CCC3)coc2c1. The Hall–Kier alpha value is -1.48. The van der Waals surface area contributed by atoms with Crippen molar-refractivity contribution in [1.29, 1.82) is 0 Å². The van der Waals surface area contributed by atoms with Crippen LogP contribution in [0.5, 0.6) is 5.75 Å². The number of hydrogen-bond acceptors (Lipinski definition) is 3. The molecule has 1 aromatic carbocycles. The molecule has 3 rings (SSSR count). The lowest BCUT2D eigenvalue weighted by atomic mass is 9.93. The first-order valence-corrected chi connectivity index (χ1v) is 5.75. The van der Waals surface area contributed by atoms with E-state index in [2.05, 4.69) is 5.32 Å². The molecule has 3 nitrogen and oxygen atoms in total. The number of furan rings is 1. The van der Waals surface area contributed by atoms with Crippen molar-refractivity contribution in [2.45, 2.75) is 31.8 Å². The summed E-state index contributed by atoms with van der Waals surface area (Å²) in [7, 11) is 0. The topological polar surface area (TPSA) is 45.4 Å². The zero-order valence-corrected chi connectivity index (χ0v) is 9.07. The molecule has 0 unspecified atom stereocenters. The van der Waals surface area contributed by atoms with E-state index in [9.17, 15) is 5.11 Å². The number of aromatic hydroxyl groups is 1. The van der Waals surface area contributed by atoms with E-state index in [-0.39, 0.29) is 5.75 Å². The third-order valence-corrected chi connectivity index (χ3v) is 3.33. The molecule has 16 heavy (non-hydrogen) atoms. The highest BCUT2D eigenvalue weighted by atomic mass is 16.3. The summed E-state index contributed by atoms with van der Waals surface area (Å²) in [5.74, 6) is 0.250. The van der Waals surface area contributed by atoms with Crippen molar-refractivity contribution >= 4 is 11.0 Å². The highest BCUT2D eigenvalue weighted by Gasteiger charge is 2.17. The summed E-state index contributed by atoms with van der Waals surface area (Å²) >= 11 is 0. The Morgan fingerprint density at radius 3 is 3.00 bits per heavy atom. The molecule has 1 fully saturated rings. The quantitative estimate of drug-likeness (QED) is 0.831. The molecule has 0 saturated heterocycles. The van der Waals surface area contributed by atoms with Crippen LogP contribution in [-0.4, -0.2) is 11.1 Å². The minimum Gasteiger partial charge on any atom is -0.508 e. The molecule has 1 heterocycles. The molecule has 3 heteroatoms. The second kappa shape index (κ2) is 3.83. The second-order valence-corrected chi connectivity index (χ2v) is 4.45. The first kappa shape index (κ1) is 9.73. The van der Waals surface area contributed by atoms with Gasteiger partial charge in [-0.25, -0.2) is 0 Å². The maximum atomic E-state index is 9.33. The van der Waals surface area contributed by atoms with Crippen molar-refractivity contribution in [2.75, 3.05) is 0 Å². The van der Waals surface area contributed by atoms with E-state index in [1.165, 1.54) is 24.8 Å². The van der Waals surface area contributed by atoms with Gasteiger partial charge >= 0.3 is 0 Å². The molecule has 1 aliphatic rings. The molecule has 0 aliphatic heterocycles. The van der Waals surface area contributed by atoms with Gasteiger partial charge in [0.1, 0.15) is 11.3 Å². The van der Waals surface area contributed by atoms with Gasteiger partial charge in [-0.05, 0) is 25.0 Å². The van der Waals surface area contributed by atoms with Crippen LogP contribution in [0, 0.1) is 0 Å². The van der Waals surface area contributed by atoms with Gasteiger partial charge in [-0.1, -0.05) is 6.42 Å². The standard InChI is InChI=1S/C13H15NO2/c15-11-4-5-12-9(8-16-13(12)6-11)7-14-10-2-1-3-10/h4-6,8,10,14-15H,1-3,7H2. The minimum atomic E-state index is 0.250. The predicted octanol–water partition coefficient (Wildman–Crippen LogP) is 2.78. The molecule has 0 atom stereocenters. The van der Waals surface area contributed by atoms with Crippen molar-refractivity contribution in [2.24, 2.45) is 0 Å². The summed E-state index contributed by atoms with van der Waals surface area (Å²) < 4.78 is 5.41. The summed E-state index contributed by atoms with van der Waals surface area (Å²) in [4.78, 5) is 0. The van der Waals surface area contributed by atoms with Crippen LogP contribution in [0.15, 0.2) is 28.9 Å². The lowest BCUT2D eigenvalue weighted by molar-refractivity contribution is 0.338. The van der Waals surface area contributed by atoms with E-state index in [4.69, 9.17) is 4.42 Å². The molecule has 1 aromatic heterocycles. The third-order valence-electron chi connectivity index (χ3n) is 3.33. The van der Waals surface area contributed by atoms with E-state index in [1.54, 1.807) is 18.4 Å². The number of fused-ring (bicyclic) bond motifs is 1. The number of rotatable bonds is 3. The number of phenols is 1. The summed E-state index contributed by atoms with van der Waals surface area (Å²) in [6.45, 7) is 0.850. The zero-order valence-electron chi connectivity index (χ0n) is 9.07. The number of benzene rings is 1. The monoisotopic (exact) mass is 217 g/mol. The van der Waals surface area contributed by atoms with Gasteiger partial charge in [0.05, 0.1) is 6.26 Å². The highest BCUT2D eigenvalue weighted by molar-refractivity contribution is 5.82. The van der Waals surface area contributed by atoms with Crippen LogP contribution >= 0.6 is 0 Å². The maximum Gasteiger partial charge on any atom is 0.137 e. The van der Waals surface area contributed by atoms with Crippen LogP contribution in [0.25, 0.3) is 11.0 Å². The van der Waals surface area contributed by atoms with Crippen molar-refractivity contribution < 1.29 is 9.52 Å². The van der Waals surface area contributed by atoms with Crippen molar-refractivity contribution in [3.63, 3.8) is 0 Å². The lowest BCUT2D eigenvalue weighted by Gasteiger charge is -2.26. The van der Waals surface area contributed by atoms with Gasteiger partial charge in [0, 0.05) is 29.6 Å². The van der Waals surface area contributed by atoms with Crippen molar-refractivity contribution in [3.8, 4) is 5.75 Å². The largest absolute Gasteiger partial charge is 0.508 e. The number of phenolic OH excluding ortho intramolecular Hbond substituents is 1. The average Bonchev–Trinajstić information content (AvgIpc) is 2.58. The van der Waals surface area contributed by atoms with Gasteiger partial charge in [-0.2, -0.15) is 0 Å². The fourth-order valence-corrected chi connectivity index (χ4v) is 2.08. The molecule has 0 spiro atoms. The van der Waals surface area contributed by atoms with E-state index in [0.29, 0.717) is 6.04 Å². The van der Waals surface area contributed by atoms with Gasteiger partial charge in [0.2, 0.25) is 0 Å². The Labute approximate surface area is 94.1 Å². The smallest absolute Gasteiger partial charge is 0.137 e. The highest BCUT2D eigenvalue weighted by Crippen LogP contribution is 2.26. The molecule has 1 saturated carbocycles. The summed E-state index contributed by atoms with van der Waals surface area (Å²) in [5.41, 5.74) is 1.92. The molecular weight excluding hydrogens is 202 g/mol. The van der Waals surface area contributed by atoms with Gasteiger partial charge < -0.3 is 14.8 Å². The Bertz CT molecular complexity index is 500. The van der Waals surface area contributed by atoms with Crippen LogP contribution in [0.2, 0.25) is 0 Å². The molecule has 0 radical (unpaired) electrons. The van der Waals surface area contributed by atoms with Gasteiger partial charge in [0.15, 0.2) is 0 Å². The van der Waals surface area contributed by atoms with Crippen LogP contribution in [0.4, 0.5) is 0 Å². The molecule has 1 aliphatic carbocycles. The number of hydrogen-bond donors (Lipinski definition) is 2. The molecular formula is C13H15NO2. The zero-order chi connectivity index (χ0) is 11.0. The summed E-state index contributed by atoms with van der Waals surface area (Å²) in [6.07, 6.45) is 5.70. The van der Waals surface area contributed by atoms with Gasteiger partial charge in [-0.15, -0.1) is 0 Å². The number of nitrogens with one attached hydrogen (secondary N) is 1. The fraction of sp³-hybridized carbons (Fsp3) is 0.385. The normalized spacial score (nSPS) is 16.5. The fourth-order valence-electron chi connectivity index (χ4n) is 2.08. The Morgan fingerprint density at radius 1 is 1.38 bits per heavy atom. The summed E-state index contributed by atoms with van der Waals surface area (Å²) in [5, 5.41) is 13.9. The van der Waals surface area contributed by atoms with Crippen LogP contribution in [0.1, 0.15) is 24.8 Å². The van der Waals surface area contributed by atoms with Crippen LogP contribution < -0.4 is 5.32 Å². The average molecular weight is 217 g/mol. The maximum absolute atomic E-state index is 9.33. The van der Waals surface area contributed by atoms with E-state index in [0.717, 1.165) is 17.5 Å². The lowest BCUT2D eigenvalue weighted by Crippen LogP contribution is -2.34. The predicted molar refractivity (Wildman–Crippen MR) is 62.4 cm³/mol. The Kier molecular flexibility index (Phi) is 2.33. The Balaban J connectivity index is 1.80. The van der Waals surface area contributed by atoms with E-state index < -0.39 is 0 Å². The molecule has 2 N–H and O–H groups in total. The Morgan fingerprint density at radius 2 is 2.25 bits per heavy atom. The minimum absolute atomic E-state index is 0.250. The third kappa shape index (κ3) is 1.67. The van der Waals surface area contributed by atoms with Crippen molar-refractivity contribution in [3.05, 3.63) is 30.0 Å². The van der Waals surface area contributed by atoms with Gasteiger partial charge in [0.25, 0.3) is 0 Å². The first-order chi connectivity index (χ1) is 7.83. The van der Waals surface area contributed by atoms with Crippen LogP contribution in [0.3, 0.4) is 0 Å². The van der Waals surface area contributed by atoms with E-state index in [1.807, 2.05) is 6.07 Å². The van der Waals surface area contributed by atoms with E-state index >= 15 is 0 Å². The van der Waals surface area contributed by atoms with Crippen LogP contribution in [-0.2, 0) is 6.54 Å².